The molecule has 1 heterocycles. The van der Waals surface area contributed by atoms with Crippen LogP contribution in [0, 0.1) is 5.92 Å². The molecule has 6 nitrogen and oxygen atoms in total. The first-order valence-corrected chi connectivity index (χ1v) is 13.1. The van der Waals surface area contributed by atoms with E-state index in [1.807, 2.05) is 58.1 Å². The minimum Gasteiger partial charge on any atom is -0.378 e. The number of hydrogen-bond donors (Lipinski definition) is 1. The van der Waals surface area contributed by atoms with Gasteiger partial charge < -0.3 is 19.7 Å². The molecular weight excluding hydrogens is 448 g/mol. The molecule has 1 aromatic heterocycles. The van der Waals surface area contributed by atoms with Gasteiger partial charge in [0.15, 0.2) is 0 Å². The maximum Gasteiger partial charge on any atom is 0.242 e. The predicted octanol–water partition coefficient (Wildman–Crippen LogP) is 5.48. The second-order valence-electron chi connectivity index (χ2n) is 10.0. The summed E-state index contributed by atoms with van der Waals surface area (Å²) in [6.45, 7) is 9.27. The largest absolute Gasteiger partial charge is 0.378 e. The Labute approximate surface area is 216 Å². The molecule has 0 saturated carbocycles. The smallest absolute Gasteiger partial charge is 0.242 e. The lowest BCUT2D eigenvalue weighted by molar-refractivity contribution is -0.145. The number of nitrogens with zero attached hydrogens (tertiary/aromatic N) is 3. The summed E-state index contributed by atoms with van der Waals surface area (Å²) >= 11 is 0. The van der Waals surface area contributed by atoms with Crippen LogP contribution in [0.2, 0.25) is 0 Å². The third-order valence-electron chi connectivity index (χ3n) is 7.25. The van der Waals surface area contributed by atoms with Crippen molar-refractivity contribution in [2.75, 3.05) is 32.1 Å². The number of anilines is 1. The van der Waals surface area contributed by atoms with Crippen LogP contribution in [0.25, 0.3) is 10.9 Å². The Balaban J connectivity index is 1.82. The fraction of sp³-hybridized carbons (Fsp3) is 0.467. The van der Waals surface area contributed by atoms with Crippen LogP contribution in [0.15, 0.2) is 54.7 Å². The number of aromatic nitrogens is 1. The monoisotopic (exact) mass is 490 g/mol. The summed E-state index contributed by atoms with van der Waals surface area (Å²) in [5.41, 5.74) is 4.50. The molecule has 0 spiro atoms. The lowest BCUT2D eigenvalue weighted by atomic mass is 10.1. The van der Waals surface area contributed by atoms with Gasteiger partial charge in [0.1, 0.15) is 6.54 Å². The highest BCUT2D eigenvalue weighted by molar-refractivity contribution is 5.86. The predicted molar refractivity (Wildman–Crippen MR) is 149 cm³/mol. The van der Waals surface area contributed by atoms with Crippen LogP contribution in [0.4, 0.5) is 5.69 Å². The van der Waals surface area contributed by atoms with E-state index in [4.69, 9.17) is 0 Å². The van der Waals surface area contributed by atoms with Crippen molar-refractivity contribution >= 4 is 28.4 Å². The van der Waals surface area contributed by atoms with Gasteiger partial charge in [-0.05, 0) is 55.5 Å². The molecule has 0 aliphatic rings. The Morgan fingerprint density at radius 2 is 1.64 bits per heavy atom. The molecular formula is C30H42N4O2. The van der Waals surface area contributed by atoms with Gasteiger partial charge in [-0.1, -0.05) is 51.1 Å². The summed E-state index contributed by atoms with van der Waals surface area (Å²) in [5, 5.41) is 1.19. The zero-order valence-corrected chi connectivity index (χ0v) is 22.8. The molecule has 0 aliphatic carbocycles. The van der Waals surface area contributed by atoms with Gasteiger partial charge in [0.2, 0.25) is 11.8 Å². The molecule has 0 bridgehead atoms. The standard InChI is InChI=1S/C30H42N4O2/c1-7-22(3)30(36)34(23(4)8-2)21-29(35)33(20-24-13-15-26(16-14-24)32(5)6)18-17-25-19-31-28-12-10-9-11-27(25)28/h9-16,19,22-23,31H,7-8,17-18,20-21H2,1-6H3. The number of hydrogen-bond acceptors (Lipinski definition) is 3. The van der Waals surface area contributed by atoms with Crippen molar-refractivity contribution in [2.24, 2.45) is 5.92 Å². The Bertz CT molecular complexity index is 1140. The number of benzene rings is 2. The highest BCUT2D eigenvalue weighted by Gasteiger charge is 2.27. The van der Waals surface area contributed by atoms with E-state index >= 15 is 0 Å². The molecule has 1 N–H and O–H groups in total. The van der Waals surface area contributed by atoms with E-state index < -0.39 is 0 Å². The Hall–Kier alpha value is -3.28. The summed E-state index contributed by atoms with van der Waals surface area (Å²) in [7, 11) is 4.04. The molecule has 0 radical (unpaired) electrons. The number of carbonyl (C=O) groups excluding carboxylic acids is 2. The average Bonchev–Trinajstić information content (AvgIpc) is 3.31. The van der Waals surface area contributed by atoms with Crippen molar-refractivity contribution < 1.29 is 9.59 Å². The first-order valence-electron chi connectivity index (χ1n) is 13.1. The minimum absolute atomic E-state index is 0.0107. The van der Waals surface area contributed by atoms with Crippen molar-refractivity contribution in [2.45, 2.75) is 59.5 Å². The van der Waals surface area contributed by atoms with E-state index in [1.54, 1.807) is 4.90 Å². The van der Waals surface area contributed by atoms with Crippen LogP contribution in [0.1, 0.15) is 51.7 Å². The first-order chi connectivity index (χ1) is 17.2. The van der Waals surface area contributed by atoms with E-state index in [0.29, 0.717) is 13.1 Å². The number of aromatic amines is 1. The average molecular weight is 491 g/mol. The van der Waals surface area contributed by atoms with Crippen LogP contribution in [-0.2, 0) is 22.6 Å². The van der Waals surface area contributed by atoms with Gasteiger partial charge in [0, 0.05) is 61.9 Å². The maximum absolute atomic E-state index is 13.7. The molecule has 3 rings (SSSR count). The van der Waals surface area contributed by atoms with Gasteiger partial charge in [-0.3, -0.25) is 9.59 Å². The summed E-state index contributed by atoms with van der Waals surface area (Å²) < 4.78 is 0. The normalized spacial score (nSPS) is 12.8. The maximum atomic E-state index is 13.7. The molecule has 0 saturated heterocycles. The minimum atomic E-state index is -0.0925. The third kappa shape index (κ3) is 6.68. The SMILES string of the molecule is CCC(C)C(=O)N(CC(=O)N(CCc1c[nH]c2ccccc12)Cc1ccc(N(C)C)cc1)C(C)CC. The highest BCUT2D eigenvalue weighted by atomic mass is 16.2. The molecule has 36 heavy (non-hydrogen) atoms. The Kier molecular flexibility index (Phi) is 9.57. The topological polar surface area (TPSA) is 59.7 Å². The van der Waals surface area contributed by atoms with E-state index in [-0.39, 0.29) is 30.3 Å². The molecule has 3 aromatic rings. The van der Waals surface area contributed by atoms with Gasteiger partial charge in [0.05, 0.1) is 0 Å². The number of nitrogens with one attached hydrogen (secondary N) is 1. The molecule has 2 unspecified atom stereocenters. The Morgan fingerprint density at radius 3 is 2.28 bits per heavy atom. The zero-order valence-electron chi connectivity index (χ0n) is 22.8. The van der Waals surface area contributed by atoms with Crippen LogP contribution < -0.4 is 4.90 Å². The fourth-order valence-electron chi connectivity index (χ4n) is 4.38. The van der Waals surface area contributed by atoms with Gasteiger partial charge in [0.25, 0.3) is 0 Å². The number of fused-ring (bicyclic) bond motifs is 1. The van der Waals surface area contributed by atoms with Crippen molar-refractivity contribution in [1.29, 1.82) is 0 Å². The van der Waals surface area contributed by atoms with Crippen LogP contribution in [-0.4, -0.2) is 59.8 Å². The summed E-state index contributed by atoms with van der Waals surface area (Å²) in [5.74, 6) is -0.0411. The van der Waals surface area contributed by atoms with Gasteiger partial charge in [-0.25, -0.2) is 0 Å². The second kappa shape index (κ2) is 12.6. The lowest BCUT2D eigenvalue weighted by Gasteiger charge is -2.33. The summed E-state index contributed by atoms with van der Waals surface area (Å²) in [4.78, 5) is 35.9. The van der Waals surface area contributed by atoms with E-state index in [1.165, 1.54) is 10.9 Å². The fourth-order valence-corrected chi connectivity index (χ4v) is 4.38. The molecule has 2 aromatic carbocycles. The van der Waals surface area contributed by atoms with E-state index in [9.17, 15) is 9.59 Å². The zero-order chi connectivity index (χ0) is 26.2. The van der Waals surface area contributed by atoms with Crippen molar-refractivity contribution in [3.63, 3.8) is 0 Å². The molecule has 2 amide bonds. The summed E-state index contributed by atoms with van der Waals surface area (Å²) in [6.07, 6.45) is 4.37. The van der Waals surface area contributed by atoms with Gasteiger partial charge in [-0.2, -0.15) is 0 Å². The van der Waals surface area contributed by atoms with Crippen molar-refractivity contribution in [3.05, 3.63) is 65.9 Å². The number of rotatable bonds is 12. The van der Waals surface area contributed by atoms with Crippen LogP contribution >= 0.6 is 0 Å². The van der Waals surface area contributed by atoms with Crippen LogP contribution in [0.3, 0.4) is 0 Å². The molecule has 6 heteroatoms. The quantitative estimate of drug-likeness (QED) is 0.366. The number of amides is 2. The number of para-hydroxylation sites is 1. The molecule has 2 atom stereocenters. The third-order valence-corrected chi connectivity index (χ3v) is 7.25. The lowest BCUT2D eigenvalue weighted by Crippen LogP contribution is -2.48. The number of carbonyl (C=O) groups is 2. The van der Waals surface area contributed by atoms with Crippen LogP contribution in [0.5, 0.6) is 0 Å². The highest BCUT2D eigenvalue weighted by Crippen LogP contribution is 2.20. The second-order valence-corrected chi connectivity index (χ2v) is 10.0. The van der Waals surface area contributed by atoms with E-state index in [0.717, 1.165) is 36.0 Å². The molecule has 194 valence electrons. The molecule has 0 fully saturated rings. The molecule has 0 aliphatic heterocycles. The van der Waals surface area contributed by atoms with Gasteiger partial charge >= 0.3 is 0 Å². The van der Waals surface area contributed by atoms with Gasteiger partial charge in [-0.15, -0.1) is 0 Å². The summed E-state index contributed by atoms with van der Waals surface area (Å²) in [6, 6.07) is 16.6. The number of H-pyrrole nitrogens is 1. The van der Waals surface area contributed by atoms with Crippen molar-refractivity contribution in [1.82, 2.24) is 14.8 Å². The van der Waals surface area contributed by atoms with Crippen molar-refractivity contribution in [3.8, 4) is 0 Å². The first kappa shape index (κ1) is 27.3. The van der Waals surface area contributed by atoms with E-state index in [2.05, 4.69) is 53.2 Å². The Morgan fingerprint density at radius 1 is 0.944 bits per heavy atom.